The van der Waals surface area contributed by atoms with Crippen LogP contribution in [0.25, 0.3) is 0 Å². The van der Waals surface area contributed by atoms with E-state index in [1.165, 1.54) is 5.69 Å². The van der Waals surface area contributed by atoms with Crippen LogP contribution in [0.2, 0.25) is 0 Å². The molecule has 1 aromatic heterocycles. The third-order valence-electron chi connectivity index (χ3n) is 5.14. The van der Waals surface area contributed by atoms with Crippen molar-refractivity contribution in [1.29, 1.82) is 0 Å². The summed E-state index contributed by atoms with van der Waals surface area (Å²) in [4.78, 5) is 15.2. The summed E-state index contributed by atoms with van der Waals surface area (Å²) in [6.07, 6.45) is 6.17. The van der Waals surface area contributed by atoms with Crippen LogP contribution < -0.4 is 5.32 Å². The largest absolute Gasteiger partial charge is 0.352 e. The highest BCUT2D eigenvalue weighted by atomic mass is 16.2. The van der Waals surface area contributed by atoms with Crippen LogP contribution in [0, 0.1) is 0 Å². The number of aromatic amines is 1. The Morgan fingerprint density at radius 1 is 1.12 bits per heavy atom. The Kier molecular flexibility index (Phi) is 4.34. The maximum absolute atomic E-state index is 12.8. The average molecular weight is 324 g/mol. The number of amides is 1. The first kappa shape index (κ1) is 15.4. The Labute approximate surface area is 142 Å². The smallest absolute Gasteiger partial charge is 0.242 e. The molecule has 2 N–H and O–H groups in total. The summed E-state index contributed by atoms with van der Waals surface area (Å²) in [5, 5.41) is 10.3. The predicted octanol–water partition coefficient (Wildman–Crippen LogP) is 2.61. The van der Waals surface area contributed by atoms with E-state index in [9.17, 15) is 4.79 Å². The lowest BCUT2D eigenvalue weighted by molar-refractivity contribution is -0.127. The Hall–Kier alpha value is -2.14. The molecule has 0 bridgehead atoms. The molecule has 2 aromatic rings. The molecule has 126 valence electrons. The van der Waals surface area contributed by atoms with E-state index in [4.69, 9.17) is 0 Å². The molecule has 1 aliphatic carbocycles. The maximum Gasteiger partial charge on any atom is 0.242 e. The second-order valence-corrected chi connectivity index (χ2v) is 6.92. The molecule has 5 heteroatoms. The van der Waals surface area contributed by atoms with E-state index >= 15 is 0 Å². The Bertz CT molecular complexity index is 658. The van der Waals surface area contributed by atoms with Crippen molar-refractivity contribution in [2.45, 2.75) is 43.7 Å². The third-order valence-corrected chi connectivity index (χ3v) is 5.14. The van der Waals surface area contributed by atoms with Gasteiger partial charge in [0.1, 0.15) is 6.04 Å². The summed E-state index contributed by atoms with van der Waals surface area (Å²) in [5.74, 6) is 0.676. The molecule has 2 heterocycles. The normalized spacial score (nSPS) is 20.7. The number of rotatable bonds is 5. The molecule has 1 aromatic carbocycles. The topological polar surface area (TPSA) is 61.0 Å². The van der Waals surface area contributed by atoms with Crippen molar-refractivity contribution in [3.63, 3.8) is 0 Å². The van der Waals surface area contributed by atoms with Crippen LogP contribution >= 0.6 is 0 Å². The van der Waals surface area contributed by atoms with Gasteiger partial charge in [0.25, 0.3) is 0 Å². The summed E-state index contributed by atoms with van der Waals surface area (Å²) in [7, 11) is 0. The van der Waals surface area contributed by atoms with E-state index in [2.05, 4.69) is 38.6 Å². The van der Waals surface area contributed by atoms with Crippen LogP contribution in [0.15, 0.2) is 42.6 Å². The fourth-order valence-electron chi connectivity index (χ4n) is 3.63. The fraction of sp³-hybridized carbons (Fsp3) is 0.474. The minimum absolute atomic E-state index is 0.156. The molecule has 1 aliphatic heterocycles. The van der Waals surface area contributed by atoms with Crippen LogP contribution in [0.3, 0.4) is 0 Å². The highest BCUT2D eigenvalue weighted by molar-refractivity contribution is 5.83. The molecule has 0 spiro atoms. The zero-order valence-corrected chi connectivity index (χ0v) is 13.8. The quantitative estimate of drug-likeness (QED) is 0.889. The van der Waals surface area contributed by atoms with Gasteiger partial charge in [0.15, 0.2) is 0 Å². The molecule has 4 rings (SSSR count). The molecule has 1 unspecified atom stereocenters. The average Bonchev–Trinajstić information content (AvgIpc) is 3.25. The molecule has 5 nitrogen and oxygen atoms in total. The molecule has 24 heavy (non-hydrogen) atoms. The van der Waals surface area contributed by atoms with E-state index in [-0.39, 0.29) is 11.9 Å². The third kappa shape index (κ3) is 3.36. The number of likely N-dealkylation sites (tertiary alicyclic amines) is 1. The number of nitrogens with zero attached hydrogens (tertiary/aromatic N) is 2. The molecule has 1 atom stereocenters. The molecular formula is C19H24N4O. The van der Waals surface area contributed by atoms with E-state index in [0.29, 0.717) is 12.0 Å². The van der Waals surface area contributed by atoms with Crippen LogP contribution in [0.1, 0.15) is 48.9 Å². The molecule has 2 aliphatic rings. The first-order valence-corrected chi connectivity index (χ1v) is 8.90. The van der Waals surface area contributed by atoms with Gasteiger partial charge in [-0.25, -0.2) is 0 Å². The summed E-state index contributed by atoms with van der Waals surface area (Å²) in [6.45, 7) is 1.86. The summed E-state index contributed by atoms with van der Waals surface area (Å²) in [5.41, 5.74) is 2.31. The number of piperidine rings is 1. The van der Waals surface area contributed by atoms with Gasteiger partial charge in [0.05, 0.1) is 0 Å². The van der Waals surface area contributed by atoms with Gasteiger partial charge in [-0.1, -0.05) is 30.3 Å². The lowest BCUT2D eigenvalue weighted by atomic mass is 9.91. The number of carbonyl (C=O) groups is 1. The van der Waals surface area contributed by atoms with Gasteiger partial charge in [0.2, 0.25) is 5.91 Å². The number of hydrogen-bond acceptors (Lipinski definition) is 3. The number of aromatic nitrogens is 2. The maximum atomic E-state index is 12.8. The Balaban J connectivity index is 1.48. The van der Waals surface area contributed by atoms with Crippen molar-refractivity contribution in [2.75, 3.05) is 13.1 Å². The summed E-state index contributed by atoms with van der Waals surface area (Å²) >= 11 is 0. The first-order valence-electron chi connectivity index (χ1n) is 8.90. The number of benzene rings is 1. The van der Waals surface area contributed by atoms with Crippen LogP contribution in [0.4, 0.5) is 0 Å². The first-order chi connectivity index (χ1) is 11.8. The van der Waals surface area contributed by atoms with Crippen LogP contribution in [-0.4, -0.2) is 40.1 Å². The van der Waals surface area contributed by atoms with Gasteiger partial charge in [-0.05, 0) is 50.4 Å². The highest BCUT2D eigenvalue weighted by Crippen LogP contribution is 2.32. The molecule has 2 fully saturated rings. The number of nitrogens with one attached hydrogen (secondary N) is 2. The van der Waals surface area contributed by atoms with E-state index in [1.807, 2.05) is 24.4 Å². The summed E-state index contributed by atoms with van der Waals surface area (Å²) in [6, 6.07) is 12.5. The fourth-order valence-corrected chi connectivity index (χ4v) is 3.63. The standard InChI is InChI=1S/C19H24N4O/c24-19(21-16-6-7-16)18(15-4-2-1-3-5-15)23-12-9-14(10-13-23)17-8-11-20-22-17/h1-5,8,11,14,16,18H,6-7,9-10,12-13H2,(H,20,22)(H,21,24). The van der Waals surface area contributed by atoms with Crippen molar-refractivity contribution >= 4 is 5.91 Å². The van der Waals surface area contributed by atoms with E-state index in [0.717, 1.165) is 44.3 Å². The molecular weight excluding hydrogens is 300 g/mol. The van der Waals surface area contributed by atoms with Crippen LogP contribution in [-0.2, 0) is 4.79 Å². The second kappa shape index (κ2) is 6.77. The molecule has 1 amide bonds. The number of hydrogen-bond donors (Lipinski definition) is 2. The highest BCUT2D eigenvalue weighted by Gasteiger charge is 2.34. The monoisotopic (exact) mass is 324 g/mol. The van der Waals surface area contributed by atoms with Gasteiger partial charge in [0, 0.05) is 23.9 Å². The SMILES string of the molecule is O=C(NC1CC1)C(c1ccccc1)N1CCC(c2ccn[nH]2)CC1. The van der Waals surface area contributed by atoms with E-state index in [1.54, 1.807) is 0 Å². The van der Waals surface area contributed by atoms with Gasteiger partial charge in [-0.15, -0.1) is 0 Å². The van der Waals surface area contributed by atoms with Gasteiger partial charge < -0.3 is 5.32 Å². The molecule has 0 radical (unpaired) electrons. The van der Waals surface area contributed by atoms with Gasteiger partial charge in [-0.2, -0.15) is 5.10 Å². The predicted molar refractivity (Wildman–Crippen MR) is 92.5 cm³/mol. The Morgan fingerprint density at radius 2 is 1.88 bits per heavy atom. The molecule has 1 saturated carbocycles. The van der Waals surface area contributed by atoms with Gasteiger partial charge >= 0.3 is 0 Å². The van der Waals surface area contributed by atoms with Crippen molar-refractivity contribution < 1.29 is 4.79 Å². The van der Waals surface area contributed by atoms with E-state index < -0.39 is 0 Å². The number of H-pyrrole nitrogens is 1. The zero-order chi connectivity index (χ0) is 16.4. The molecule has 1 saturated heterocycles. The Morgan fingerprint density at radius 3 is 2.50 bits per heavy atom. The number of carbonyl (C=O) groups excluding carboxylic acids is 1. The minimum Gasteiger partial charge on any atom is -0.352 e. The lowest BCUT2D eigenvalue weighted by Crippen LogP contribution is -2.44. The zero-order valence-electron chi connectivity index (χ0n) is 13.8. The van der Waals surface area contributed by atoms with Crippen molar-refractivity contribution in [3.05, 3.63) is 53.9 Å². The van der Waals surface area contributed by atoms with Gasteiger partial charge in [-0.3, -0.25) is 14.8 Å². The van der Waals surface area contributed by atoms with Crippen molar-refractivity contribution in [3.8, 4) is 0 Å². The minimum atomic E-state index is -0.172. The van der Waals surface area contributed by atoms with Crippen molar-refractivity contribution in [1.82, 2.24) is 20.4 Å². The summed E-state index contributed by atoms with van der Waals surface area (Å²) < 4.78 is 0. The van der Waals surface area contributed by atoms with Crippen LogP contribution in [0.5, 0.6) is 0 Å². The second-order valence-electron chi connectivity index (χ2n) is 6.92. The van der Waals surface area contributed by atoms with Crippen molar-refractivity contribution in [2.24, 2.45) is 0 Å². The lowest BCUT2D eigenvalue weighted by Gasteiger charge is -2.36.